The molecule has 3 aromatic carbocycles. The predicted octanol–water partition coefficient (Wildman–Crippen LogP) is 2.82. The molecular formula is C28H27F3N4O4. The molecule has 1 aromatic heterocycles. The van der Waals surface area contributed by atoms with Crippen LogP contribution in [0.15, 0.2) is 60.8 Å². The van der Waals surface area contributed by atoms with Crippen molar-refractivity contribution >= 4 is 10.8 Å². The molecule has 0 aliphatic carbocycles. The third kappa shape index (κ3) is 4.04. The fraction of sp³-hybridized carbons (Fsp3) is 0.357. The van der Waals surface area contributed by atoms with E-state index >= 15 is 0 Å². The number of halogens is 3. The van der Waals surface area contributed by atoms with Gasteiger partial charge in [0.2, 0.25) is 0 Å². The van der Waals surface area contributed by atoms with E-state index in [9.17, 15) is 28.5 Å². The summed E-state index contributed by atoms with van der Waals surface area (Å²) in [6.07, 6.45) is -0.386. The Balaban J connectivity index is 1.50. The summed E-state index contributed by atoms with van der Waals surface area (Å²) in [7, 11) is 0. The van der Waals surface area contributed by atoms with E-state index in [1.165, 1.54) is 10.9 Å². The van der Waals surface area contributed by atoms with Gasteiger partial charge in [-0.25, -0.2) is 17.9 Å². The smallest absolute Gasteiger partial charge is 0.194 e. The summed E-state index contributed by atoms with van der Waals surface area (Å²) in [5.41, 5.74) is -2.38. The Bertz CT molecular complexity index is 1500. The highest BCUT2D eigenvalue weighted by molar-refractivity contribution is 5.86. The molecule has 204 valence electrons. The van der Waals surface area contributed by atoms with Gasteiger partial charge in [-0.05, 0) is 47.9 Å². The topological polar surface area (TPSA) is 113 Å². The minimum Gasteiger partial charge on any atom is -0.393 e. The Morgan fingerprint density at radius 1 is 1.03 bits per heavy atom. The van der Waals surface area contributed by atoms with Gasteiger partial charge in [-0.2, -0.15) is 0 Å². The molecule has 0 unspecified atom stereocenters. The number of aliphatic hydroxyl groups is 3. The minimum absolute atomic E-state index is 0.00858. The van der Waals surface area contributed by atoms with Crippen molar-refractivity contribution in [1.29, 1.82) is 0 Å². The van der Waals surface area contributed by atoms with Crippen LogP contribution in [0.3, 0.4) is 0 Å². The summed E-state index contributed by atoms with van der Waals surface area (Å²) >= 11 is 0. The molecule has 39 heavy (non-hydrogen) atoms. The Hall–Kier alpha value is -3.35. The van der Waals surface area contributed by atoms with Gasteiger partial charge in [0.05, 0.1) is 12.8 Å². The van der Waals surface area contributed by atoms with Crippen LogP contribution in [-0.4, -0.2) is 67.8 Å². The Kier molecular flexibility index (Phi) is 6.43. The second-order valence-corrected chi connectivity index (χ2v) is 10.2. The summed E-state index contributed by atoms with van der Waals surface area (Å²) in [6, 6.07) is 13.4. The molecule has 1 spiro atoms. The quantitative estimate of drug-likeness (QED) is 0.295. The van der Waals surface area contributed by atoms with Crippen molar-refractivity contribution in [2.24, 2.45) is 0 Å². The van der Waals surface area contributed by atoms with E-state index < -0.39 is 53.5 Å². The average molecular weight is 541 g/mol. The second-order valence-electron chi connectivity index (χ2n) is 10.2. The van der Waals surface area contributed by atoms with Crippen LogP contribution < -0.4 is 5.32 Å². The van der Waals surface area contributed by atoms with E-state index in [0.29, 0.717) is 24.9 Å². The Morgan fingerprint density at radius 3 is 2.49 bits per heavy atom. The van der Waals surface area contributed by atoms with Crippen LogP contribution in [0.2, 0.25) is 0 Å². The Morgan fingerprint density at radius 2 is 1.77 bits per heavy atom. The highest BCUT2D eigenvalue weighted by Crippen LogP contribution is 2.50. The number of hydrogen-bond acceptors (Lipinski definition) is 7. The van der Waals surface area contributed by atoms with Crippen LogP contribution in [0.5, 0.6) is 0 Å². The van der Waals surface area contributed by atoms with Crippen LogP contribution in [0.1, 0.15) is 24.4 Å². The van der Waals surface area contributed by atoms with E-state index in [4.69, 9.17) is 4.74 Å². The van der Waals surface area contributed by atoms with Crippen molar-refractivity contribution in [2.75, 3.05) is 19.7 Å². The van der Waals surface area contributed by atoms with E-state index in [1.54, 1.807) is 6.07 Å². The van der Waals surface area contributed by atoms with Crippen LogP contribution in [0.4, 0.5) is 13.2 Å². The van der Waals surface area contributed by atoms with E-state index in [1.807, 2.05) is 36.4 Å². The van der Waals surface area contributed by atoms with E-state index in [-0.39, 0.29) is 17.8 Å². The largest absolute Gasteiger partial charge is 0.393 e. The summed E-state index contributed by atoms with van der Waals surface area (Å²) in [5, 5.41) is 47.5. The summed E-state index contributed by atoms with van der Waals surface area (Å²) < 4.78 is 49.2. The van der Waals surface area contributed by atoms with Crippen LogP contribution in [0, 0.1) is 17.5 Å². The van der Waals surface area contributed by atoms with E-state index in [2.05, 4.69) is 15.6 Å². The van der Waals surface area contributed by atoms with Crippen molar-refractivity contribution in [1.82, 2.24) is 20.3 Å². The van der Waals surface area contributed by atoms with Crippen molar-refractivity contribution in [3.63, 3.8) is 0 Å². The number of benzene rings is 3. The molecule has 2 aliphatic heterocycles. The van der Waals surface area contributed by atoms with Gasteiger partial charge in [-0.1, -0.05) is 47.7 Å². The number of fused-ring (bicyclic) bond motifs is 1. The normalized spacial score (nSPS) is 29.2. The van der Waals surface area contributed by atoms with Crippen molar-refractivity contribution < 1.29 is 33.2 Å². The zero-order chi connectivity index (χ0) is 27.4. The van der Waals surface area contributed by atoms with Crippen molar-refractivity contribution in [3.8, 4) is 11.3 Å². The molecule has 2 aliphatic rings. The van der Waals surface area contributed by atoms with Crippen LogP contribution >= 0.6 is 0 Å². The standard InChI is InChI=1S/C28H27F3N4O4/c29-20-11-17(12-21(30)23(20)31)22-13-35(34-33-22)24-25(37)27(9-4-10-32-14-27)39-28(15-36,26(24)38)19-8-3-6-16-5-1-2-7-18(16)19/h1-3,5-8,11-13,24-26,32,36-38H,4,9-10,14-15H2/t24-,25+,26+,27+,28-/m0/s1. The molecule has 2 saturated heterocycles. The maximum atomic E-state index is 13.9. The lowest BCUT2D eigenvalue weighted by Gasteiger charge is -2.57. The third-order valence-corrected chi connectivity index (χ3v) is 8.00. The minimum atomic E-state index is -1.66. The lowest BCUT2D eigenvalue weighted by atomic mass is 9.71. The number of rotatable bonds is 4. The molecule has 5 atom stereocenters. The van der Waals surface area contributed by atoms with Crippen LogP contribution in [-0.2, 0) is 10.3 Å². The number of ether oxygens (including phenoxy) is 1. The molecule has 4 N–H and O–H groups in total. The third-order valence-electron chi connectivity index (χ3n) is 8.00. The van der Waals surface area contributed by atoms with Gasteiger partial charge >= 0.3 is 0 Å². The fourth-order valence-electron chi connectivity index (χ4n) is 6.05. The first kappa shape index (κ1) is 25.9. The van der Waals surface area contributed by atoms with Gasteiger partial charge in [-0.3, -0.25) is 0 Å². The SMILES string of the molecule is OC[C@@]1(c2cccc3ccccc23)O[C@@]2(CCCNC2)[C@H](O)[C@H](n2cc(-c3cc(F)c(F)c(F)c3)nn2)[C@H]1O. The molecule has 6 rings (SSSR count). The van der Waals surface area contributed by atoms with Gasteiger partial charge in [0.1, 0.15) is 35.1 Å². The van der Waals surface area contributed by atoms with E-state index in [0.717, 1.165) is 22.9 Å². The average Bonchev–Trinajstić information content (AvgIpc) is 3.44. The number of nitrogens with zero attached hydrogens (tertiary/aromatic N) is 3. The number of hydrogen-bond donors (Lipinski definition) is 4. The molecule has 4 aromatic rings. The number of piperidine rings is 1. The van der Waals surface area contributed by atoms with Gasteiger partial charge in [0, 0.05) is 12.1 Å². The van der Waals surface area contributed by atoms with Crippen LogP contribution in [0.25, 0.3) is 22.0 Å². The van der Waals surface area contributed by atoms with Gasteiger partial charge in [0.25, 0.3) is 0 Å². The molecule has 2 fully saturated rings. The molecule has 3 heterocycles. The first-order valence-electron chi connectivity index (χ1n) is 12.7. The maximum absolute atomic E-state index is 13.9. The number of aromatic nitrogens is 3. The lowest BCUT2D eigenvalue weighted by molar-refractivity contribution is -0.311. The highest BCUT2D eigenvalue weighted by Gasteiger charge is 2.62. The first-order chi connectivity index (χ1) is 18.8. The molecular weight excluding hydrogens is 513 g/mol. The Labute approximate surface area is 221 Å². The predicted molar refractivity (Wildman–Crippen MR) is 135 cm³/mol. The molecule has 11 heteroatoms. The molecule has 0 radical (unpaired) electrons. The molecule has 0 amide bonds. The second kappa shape index (κ2) is 9.68. The van der Waals surface area contributed by atoms with Gasteiger partial charge in [0.15, 0.2) is 17.5 Å². The van der Waals surface area contributed by atoms with Crippen molar-refractivity contribution in [2.45, 2.75) is 42.3 Å². The summed E-state index contributed by atoms with van der Waals surface area (Å²) in [4.78, 5) is 0. The number of aliphatic hydroxyl groups excluding tert-OH is 3. The monoisotopic (exact) mass is 540 g/mol. The lowest BCUT2D eigenvalue weighted by Crippen LogP contribution is -2.70. The molecule has 8 nitrogen and oxygen atoms in total. The van der Waals surface area contributed by atoms with Gasteiger partial charge in [-0.15, -0.1) is 5.10 Å². The maximum Gasteiger partial charge on any atom is 0.194 e. The zero-order valence-corrected chi connectivity index (χ0v) is 20.8. The summed E-state index contributed by atoms with van der Waals surface area (Å²) in [5.74, 6) is -4.36. The zero-order valence-electron chi connectivity index (χ0n) is 20.8. The number of nitrogens with one attached hydrogen (secondary N) is 1. The van der Waals surface area contributed by atoms with Crippen molar-refractivity contribution in [3.05, 3.63) is 83.8 Å². The fourth-order valence-corrected chi connectivity index (χ4v) is 6.05. The summed E-state index contributed by atoms with van der Waals surface area (Å²) in [6.45, 7) is 0.351. The van der Waals surface area contributed by atoms with Gasteiger partial charge < -0.3 is 25.4 Å². The molecule has 0 bridgehead atoms. The highest BCUT2D eigenvalue weighted by atomic mass is 19.2. The molecule has 0 saturated carbocycles. The first-order valence-corrected chi connectivity index (χ1v) is 12.7.